The topological polar surface area (TPSA) is 42.4 Å². The SMILES string of the molecule is CC1(C)c2ccccc2-c2c(N(c3ccc(-c4cccc5c4oc4cc6nc(-c7ccccc7)oc6cc45)cc3)c3ccccc3-c3ccc4ccccc4c3)cccc21. The zero-order chi connectivity index (χ0) is 40.0. The van der Waals surface area contributed by atoms with Gasteiger partial charge in [0.2, 0.25) is 5.89 Å². The molecule has 2 heterocycles. The molecule has 60 heavy (non-hydrogen) atoms. The molecule has 11 aromatic rings. The molecule has 0 N–H and O–H groups in total. The molecule has 0 bridgehead atoms. The van der Waals surface area contributed by atoms with E-state index >= 15 is 0 Å². The lowest BCUT2D eigenvalue weighted by molar-refractivity contribution is 0.620. The van der Waals surface area contributed by atoms with Crippen LogP contribution in [0.5, 0.6) is 0 Å². The molecule has 0 amide bonds. The first kappa shape index (κ1) is 34.4. The van der Waals surface area contributed by atoms with Gasteiger partial charge in [0.25, 0.3) is 0 Å². The largest absolute Gasteiger partial charge is 0.455 e. The predicted octanol–water partition coefficient (Wildman–Crippen LogP) is 15.7. The lowest BCUT2D eigenvalue weighted by atomic mass is 9.82. The van der Waals surface area contributed by atoms with Gasteiger partial charge in [-0.3, -0.25) is 0 Å². The summed E-state index contributed by atoms with van der Waals surface area (Å²) >= 11 is 0. The first-order valence-corrected chi connectivity index (χ1v) is 20.5. The highest BCUT2D eigenvalue weighted by Crippen LogP contribution is 2.55. The van der Waals surface area contributed by atoms with Crippen molar-refractivity contribution in [3.05, 3.63) is 205 Å². The van der Waals surface area contributed by atoms with Crippen LogP contribution in [0.15, 0.2) is 203 Å². The molecule has 9 aromatic carbocycles. The Labute approximate surface area is 347 Å². The van der Waals surface area contributed by atoms with Crippen molar-refractivity contribution in [2.24, 2.45) is 0 Å². The maximum absolute atomic E-state index is 6.68. The number of furan rings is 1. The van der Waals surface area contributed by atoms with E-state index in [1.807, 2.05) is 36.4 Å². The Bertz CT molecular complexity index is 3460. The highest BCUT2D eigenvalue weighted by molar-refractivity contribution is 6.12. The lowest BCUT2D eigenvalue weighted by Crippen LogP contribution is -2.16. The number of rotatable bonds is 6. The van der Waals surface area contributed by atoms with Gasteiger partial charge in [-0.05, 0) is 87.1 Å². The highest BCUT2D eigenvalue weighted by Gasteiger charge is 2.38. The molecule has 2 aromatic heterocycles. The second kappa shape index (κ2) is 13.2. The zero-order valence-electron chi connectivity index (χ0n) is 33.2. The Morgan fingerprint density at radius 1 is 0.450 bits per heavy atom. The number of benzene rings is 9. The average Bonchev–Trinajstić information content (AvgIpc) is 3.96. The standard InChI is InChI=1S/C56H38N2O2/c1-56(2)46-22-10-8-19-44(46)53-47(56)23-13-25-50(53)58(49-24-11-9-18-41(49)39-27-26-35-14-6-7-17-38(35)32-39)40-30-28-36(29-31-40)42-20-12-21-43-45-33-52-48(34-51(45)59-54(42)43)57-55(60-52)37-15-4-3-5-16-37/h3-34H,1-2H3. The minimum atomic E-state index is -0.136. The van der Waals surface area contributed by atoms with E-state index in [1.165, 1.54) is 44.2 Å². The maximum atomic E-state index is 6.68. The summed E-state index contributed by atoms with van der Waals surface area (Å²) in [5, 5.41) is 4.49. The van der Waals surface area contributed by atoms with Crippen molar-refractivity contribution in [3.63, 3.8) is 0 Å². The van der Waals surface area contributed by atoms with Gasteiger partial charge < -0.3 is 13.7 Å². The minimum absolute atomic E-state index is 0.136. The second-order valence-corrected chi connectivity index (χ2v) is 16.3. The Morgan fingerprint density at radius 2 is 1.13 bits per heavy atom. The third kappa shape index (κ3) is 5.27. The number of hydrogen-bond donors (Lipinski definition) is 0. The molecule has 0 spiro atoms. The number of aromatic nitrogens is 1. The summed E-state index contributed by atoms with van der Waals surface area (Å²) in [4.78, 5) is 7.27. The molecule has 0 saturated heterocycles. The number of nitrogens with zero attached hydrogens (tertiary/aromatic N) is 2. The summed E-state index contributed by atoms with van der Waals surface area (Å²) in [6.45, 7) is 4.69. The molecule has 0 fully saturated rings. The molecule has 0 unspecified atom stereocenters. The average molecular weight is 771 g/mol. The van der Waals surface area contributed by atoms with Crippen molar-refractivity contribution >= 4 is 60.9 Å². The fourth-order valence-corrected chi connectivity index (χ4v) is 9.54. The summed E-state index contributed by atoms with van der Waals surface area (Å²) < 4.78 is 12.9. The summed E-state index contributed by atoms with van der Waals surface area (Å²) in [7, 11) is 0. The highest BCUT2D eigenvalue weighted by atomic mass is 16.4. The van der Waals surface area contributed by atoms with Gasteiger partial charge in [0.05, 0.1) is 11.4 Å². The molecule has 0 radical (unpaired) electrons. The molecule has 12 rings (SSSR count). The molecule has 0 atom stereocenters. The molecule has 284 valence electrons. The van der Waals surface area contributed by atoms with Crippen LogP contribution in [0.2, 0.25) is 0 Å². The van der Waals surface area contributed by atoms with Crippen molar-refractivity contribution in [2.45, 2.75) is 19.3 Å². The quantitative estimate of drug-likeness (QED) is 0.169. The molecule has 0 aliphatic heterocycles. The summed E-state index contributed by atoms with van der Waals surface area (Å²) in [6.07, 6.45) is 0. The van der Waals surface area contributed by atoms with E-state index in [4.69, 9.17) is 13.8 Å². The first-order chi connectivity index (χ1) is 29.5. The molecule has 4 nitrogen and oxygen atoms in total. The molecule has 1 aliphatic rings. The van der Waals surface area contributed by atoms with Gasteiger partial charge in [0.15, 0.2) is 5.58 Å². The van der Waals surface area contributed by atoms with Crippen molar-refractivity contribution in [1.82, 2.24) is 4.98 Å². The van der Waals surface area contributed by atoms with Crippen LogP contribution >= 0.6 is 0 Å². The molecule has 4 heteroatoms. The fraction of sp³-hybridized carbons (Fsp3) is 0.0536. The monoisotopic (exact) mass is 770 g/mol. The number of oxazole rings is 1. The third-order valence-corrected chi connectivity index (χ3v) is 12.5. The maximum Gasteiger partial charge on any atom is 0.227 e. The van der Waals surface area contributed by atoms with Crippen molar-refractivity contribution in [1.29, 1.82) is 0 Å². The van der Waals surface area contributed by atoms with Crippen molar-refractivity contribution < 1.29 is 8.83 Å². The number of fused-ring (bicyclic) bond motifs is 8. The third-order valence-electron chi connectivity index (χ3n) is 12.5. The van der Waals surface area contributed by atoms with Gasteiger partial charge in [-0.25, -0.2) is 4.98 Å². The molecule has 1 aliphatic carbocycles. The van der Waals surface area contributed by atoms with Crippen molar-refractivity contribution in [3.8, 4) is 44.8 Å². The Morgan fingerprint density at radius 3 is 2.00 bits per heavy atom. The first-order valence-electron chi connectivity index (χ1n) is 20.5. The van der Waals surface area contributed by atoms with E-state index in [2.05, 4.69) is 176 Å². The van der Waals surface area contributed by atoms with Gasteiger partial charge in [-0.1, -0.05) is 153 Å². The van der Waals surface area contributed by atoms with Gasteiger partial charge in [-0.2, -0.15) is 0 Å². The lowest BCUT2D eigenvalue weighted by Gasteiger charge is -2.30. The molecular weight excluding hydrogens is 733 g/mol. The summed E-state index contributed by atoms with van der Waals surface area (Å²) in [5.41, 5.74) is 17.0. The van der Waals surface area contributed by atoms with E-state index in [9.17, 15) is 0 Å². The fourth-order valence-electron chi connectivity index (χ4n) is 9.54. The van der Waals surface area contributed by atoms with E-state index in [1.54, 1.807) is 0 Å². The Balaban J connectivity index is 1.01. The van der Waals surface area contributed by atoms with Gasteiger partial charge in [0.1, 0.15) is 16.7 Å². The van der Waals surface area contributed by atoms with Gasteiger partial charge in [0, 0.05) is 50.2 Å². The number of para-hydroxylation sites is 2. The Hall–Kier alpha value is -7.69. The van der Waals surface area contributed by atoms with Crippen LogP contribution in [-0.2, 0) is 5.41 Å². The van der Waals surface area contributed by atoms with E-state index in [0.29, 0.717) is 5.89 Å². The van der Waals surface area contributed by atoms with Crippen LogP contribution in [0.3, 0.4) is 0 Å². The van der Waals surface area contributed by atoms with E-state index < -0.39 is 0 Å². The van der Waals surface area contributed by atoms with Crippen LogP contribution < -0.4 is 4.90 Å². The van der Waals surface area contributed by atoms with E-state index in [-0.39, 0.29) is 5.41 Å². The van der Waals surface area contributed by atoms with Crippen LogP contribution in [0, 0.1) is 0 Å². The van der Waals surface area contributed by atoms with Crippen LogP contribution in [0.25, 0.3) is 88.6 Å². The van der Waals surface area contributed by atoms with Crippen LogP contribution in [0.4, 0.5) is 17.1 Å². The van der Waals surface area contributed by atoms with Gasteiger partial charge >= 0.3 is 0 Å². The Kier molecular flexibility index (Phi) is 7.54. The smallest absolute Gasteiger partial charge is 0.227 e. The predicted molar refractivity (Wildman–Crippen MR) is 247 cm³/mol. The van der Waals surface area contributed by atoms with Crippen LogP contribution in [-0.4, -0.2) is 4.98 Å². The number of anilines is 3. The summed E-state index contributed by atoms with van der Waals surface area (Å²) in [5.74, 6) is 0.602. The second-order valence-electron chi connectivity index (χ2n) is 16.3. The molecular formula is C56H38N2O2. The molecule has 0 saturated carbocycles. The normalized spacial score (nSPS) is 13.0. The van der Waals surface area contributed by atoms with Crippen LogP contribution in [0.1, 0.15) is 25.0 Å². The van der Waals surface area contributed by atoms with Crippen molar-refractivity contribution in [2.75, 3.05) is 4.90 Å². The number of hydrogen-bond acceptors (Lipinski definition) is 4. The van der Waals surface area contributed by atoms with E-state index in [0.717, 1.165) is 66.8 Å². The summed E-state index contributed by atoms with van der Waals surface area (Å²) in [6, 6.07) is 69.3. The minimum Gasteiger partial charge on any atom is -0.455 e. The zero-order valence-corrected chi connectivity index (χ0v) is 33.2. The van der Waals surface area contributed by atoms with Gasteiger partial charge in [-0.15, -0.1) is 0 Å².